The van der Waals surface area contributed by atoms with Gasteiger partial charge in [0.1, 0.15) is 12.2 Å². The normalized spacial score (nSPS) is 49.8. The summed E-state index contributed by atoms with van der Waals surface area (Å²) in [6.07, 6.45) is 6.46. The van der Waals surface area contributed by atoms with Crippen LogP contribution in [-0.4, -0.2) is 59.1 Å². The van der Waals surface area contributed by atoms with Gasteiger partial charge in [0.2, 0.25) is 6.29 Å². The second-order valence-electron chi connectivity index (χ2n) is 15.8. The molecule has 4 aliphatic carbocycles. The van der Waals surface area contributed by atoms with Gasteiger partial charge in [-0.2, -0.15) is 0 Å². The Morgan fingerprint density at radius 2 is 1.64 bits per heavy atom. The van der Waals surface area contributed by atoms with E-state index < -0.39 is 40.2 Å². The zero-order valence-corrected chi connectivity index (χ0v) is 26.6. The van der Waals surface area contributed by atoms with Crippen LogP contribution in [-0.2, 0) is 33.3 Å². The molecule has 0 amide bonds. The summed E-state index contributed by atoms with van der Waals surface area (Å²) < 4.78 is 24.2. The monoisotopic (exact) mass is 584 g/mol. The maximum atomic E-state index is 13.1. The summed E-state index contributed by atoms with van der Waals surface area (Å²) >= 11 is 0. The van der Waals surface area contributed by atoms with Crippen LogP contribution in [0.3, 0.4) is 0 Å². The molecule has 0 aromatic heterocycles. The van der Waals surface area contributed by atoms with Gasteiger partial charge in [-0.05, 0) is 68.3 Å². The third-order valence-corrected chi connectivity index (χ3v) is 12.6. The molecule has 6 rings (SSSR count). The Kier molecular flexibility index (Phi) is 6.60. The Hall–Kier alpha value is -2.03. The summed E-state index contributed by atoms with van der Waals surface area (Å²) in [5, 5.41) is 12.2. The quantitative estimate of drug-likeness (QED) is 0.282. The van der Waals surface area contributed by atoms with Crippen LogP contribution in [0.2, 0.25) is 0 Å². The van der Waals surface area contributed by atoms with Crippen LogP contribution in [0.15, 0.2) is 23.8 Å². The number of hydrogen-bond donors (Lipinski definition) is 1. The molecule has 4 fully saturated rings. The van der Waals surface area contributed by atoms with Crippen molar-refractivity contribution in [2.45, 2.75) is 124 Å². The molecule has 12 atom stereocenters. The molecule has 2 aliphatic heterocycles. The molecule has 2 saturated carbocycles. The fourth-order valence-electron chi connectivity index (χ4n) is 10.8. The highest BCUT2D eigenvalue weighted by Gasteiger charge is 2.72. The second kappa shape index (κ2) is 9.24. The van der Waals surface area contributed by atoms with E-state index in [1.807, 2.05) is 33.8 Å². The van der Waals surface area contributed by atoms with Crippen LogP contribution < -0.4 is 0 Å². The van der Waals surface area contributed by atoms with Crippen molar-refractivity contribution >= 4 is 17.7 Å². The van der Waals surface area contributed by atoms with Gasteiger partial charge in [0.25, 0.3) is 0 Å². The van der Waals surface area contributed by atoms with Gasteiger partial charge in [0, 0.05) is 36.5 Å². The number of carbonyl (C=O) groups excluding carboxylic acids is 3. The van der Waals surface area contributed by atoms with Gasteiger partial charge in [0.15, 0.2) is 5.78 Å². The SMILES string of the molecule is CC(=O)O[C@H]1O[C@@H]([C@@H]2OC2(C)C)C[C@H]1[C@@H]1CC=C2[C@@]3(C)[C@H]([C@H](O)C[C@]21C)[C@@]1(C)C=CC(=O)C(C)(C)[C@@H]1C[C@H]3OC(C)=O. The predicted octanol–water partition coefficient (Wildman–Crippen LogP) is 4.92. The summed E-state index contributed by atoms with van der Waals surface area (Å²) in [5.41, 5.74) is -1.27. The highest BCUT2D eigenvalue weighted by molar-refractivity contribution is 5.95. The molecule has 2 heterocycles. The summed E-state index contributed by atoms with van der Waals surface area (Å²) in [6.45, 7) is 17.5. The van der Waals surface area contributed by atoms with E-state index in [1.54, 1.807) is 6.08 Å². The maximum Gasteiger partial charge on any atom is 0.304 e. The topological polar surface area (TPSA) is 112 Å². The van der Waals surface area contributed by atoms with Gasteiger partial charge >= 0.3 is 11.9 Å². The van der Waals surface area contributed by atoms with E-state index in [0.717, 1.165) is 6.42 Å². The number of epoxide rings is 1. The molecule has 6 aliphatic rings. The van der Waals surface area contributed by atoms with Crippen molar-refractivity contribution < 1.29 is 38.4 Å². The van der Waals surface area contributed by atoms with Gasteiger partial charge in [0.05, 0.1) is 17.8 Å². The largest absolute Gasteiger partial charge is 0.462 e. The molecular weight excluding hydrogens is 536 g/mol. The fraction of sp³-hybridized carbons (Fsp3) is 0.794. The van der Waals surface area contributed by atoms with Crippen LogP contribution in [0.5, 0.6) is 0 Å². The number of aliphatic hydroxyl groups is 1. The predicted molar refractivity (Wildman–Crippen MR) is 154 cm³/mol. The lowest BCUT2D eigenvalue weighted by molar-refractivity contribution is -0.213. The zero-order valence-electron chi connectivity index (χ0n) is 26.6. The molecule has 8 nitrogen and oxygen atoms in total. The zero-order chi connectivity index (χ0) is 30.8. The molecule has 0 bridgehead atoms. The van der Waals surface area contributed by atoms with Crippen LogP contribution in [0.1, 0.15) is 88.0 Å². The van der Waals surface area contributed by atoms with Gasteiger partial charge in [-0.3, -0.25) is 14.4 Å². The maximum absolute atomic E-state index is 13.1. The number of allylic oxidation sites excluding steroid dienone is 3. The summed E-state index contributed by atoms with van der Waals surface area (Å²) in [5.74, 6) is -1.04. The van der Waals surface area contributed by atoms with Gasteiger partial charge in [-0.25, -0.2) is 0 Å². The number of hydrogen-bond acceptors (Lipinski definition) is 8. The summed E-state index contributed by atoms with van der Waals surface area (Å²) in [6, 6.07) is 0. The first-order chi connectivity index (χ1) is 19.4. The first kappa shape index (κ1) is 30.0. The smallest absolute Gasteiger partial charge is 0.304 e. The number of aliphatic hydroxyl groups excluding tert-OH is 1. The first-order valence-electron chi connectivity index (χ1n) is 15.7. The van der Waals surface area contributed by atoms with Crippen molar-refractivity contribution in [3.8, 4) is 0 Å². The van der Waals surface area contributed by atoms with Crippen molar-refractivity contribution in [2.24, 2.45) is 45.3 Å². The first-order valence-corrected chi connectivity index (χ1v) is 15.7. The van der Waals surface area contributed by atoms with E-state index >= 15 is 0 Å². The summed E-state index contributed by atoms with van der Waals surface area (Å²) in [7, 11) is 0. The highest BCUT2D eigenvalue weighted by atomic mass is 16.7. The molecule has 0 aromatic rings. The van der Waals surface area contributed by atoms with Crippen molar-refractivity contribution in [1.82, 2.24) is 0 Å². The Balaban J connectivity index is 1.40. The van der Waals surface area contributed by atoms with Gasteiger partial charge in [-0.15, -0.1) is 0 Å². The van der Waals surface area contributed by atoms with E-state index in [9.17, 15) is 19.5 Å². The average Bonchev–Trinajstić information content (AvgIpc) is 3.14. The highest BCUT2D eigenvalue weighted by Crippen LogP contribution is 2.73. The number of esters is 2. The molecule has 8 heteroatoms. The van der Waals surface area contributed by atoms with E-state index in [4.69, 9.17) is 18.9 Å². The average molecular weight is 585 g/mol. The van der Waals surface area contributed by atoms with E-state index in [1.165, 1.54) is 19.4 Å². The van der Waals surface area contributed by atoms with Gasteiger partial charge < -0.3 is 24.1 Å². The number of fused-ring (bicyclic) bond motifs is 5. The van der Waals surface area contributed by atoms with E-state index in [0.29, 0.717) is 19.3 Å². The number of ether oxygens (including phenoxy) is 4. The van der Waals surface area contributed by atoms with Crippen molar-refractivity contribution in [3.05, 3.63) is 23.8 Å². The third-order valence-electron chi connectivity index (χ3n) is 12.6. The molecule has 2 saturated heterocycles. The minimum absolute atomic E-state index is 0.0474. The second-order valence-corrected chi connectivity index (χ2v) is 15.8. The van der Waals surface area contributed by atoms with Crippen LogP contribution in [0.25, 0.3) is 0 Å². The van der Waals surface area contributed by atoms with Gasteiger partial charge in [-0.1, -0.05) is 52.3 Å². The summed E-state index contributed by atoms with van der Waals surface area (Å²) in [4.78, 5) is 37.8. The standard InChI is InChI=1S/C34H48O8/c1-17(35)39-26-15-24-30(3,4)25(38)12-13-32(24,7)27-21(37)16-33(8)20(10-11-23(33)34(26,27)9)19-14-22(28-31(5,6)42-28)41-29(19)40-18(2)36/h11-13,19-22,24,26-29,37H,10,14-16H2,1-9H3/t19-,20-,21+,22+,24-,26+,27+,28-,29-,32-,33-,34+/m0/s1. The van der Waals surface area contributed by atoms with Crippen molar-refractivity contribution in [1.29, 1.82) is 0 Å². The number of carbonyl (C=O) groups is 3. The lowest BCUT2D eigenvalue weighted by atomic mass is 9.37. The Morgan fingerprint density at radius 1 is 1.00 bits per heavy atom. The van der Waals surface area contributed by atoms with Crippen molar-refractivity contribution in [2.75, 3.05) is 0 Å². The third kappa shape index (κ3) is 4.07. The molecule has 0 unspecified atom stereocenters. The molecule has 0 spiro atoms. The molecule has 0 radical (unpaired) electrons. The molecule has 232 valence electrons. The van der Waals surface area contributed by atoms with E-state index in [2.05, 4.69) is 26.8 Å². The number of rotatable bonds is 4. The van der Waals surface area contributed by atoms with Crippen LogP contribution >= 0.6 is 0 Å². The fourth-order valence-corrected chi connectivity index (χ4v) is 10.8. The Bertz CT molecular complexity index is 1260. The van der Waals surface area contributed by atoms with Crippen LogP contribution in [0, 0.1) is 45.3 Å². The minimum atomic E-state index is -0.701. The molecular formula is C34H48O8. The van der Waals surface area contributed by atoms with E-state index in [-0.39, 0.29) is 59.2 Å². The number of ketones is 1. The minimum Gasteiger partial charge on any atom is -0.462 e. The molecule has 42 heavy (non-hydrogen) atoms. The Labute approximate surface area is 249 Å². The van der Waals surface area contributed by atoms with Crippen molar-refractivity contribution in [3.63, 3.8) is 0 Å². The molecule has 0 aromatic carbocycles. The lowest BCUT2D eigenvalue weighted by Gasteiger charge is -2.67. The Morgan fingerprint density at radius 3 is 2.24 bits per heavy atom. The lowest BCUT2D eigenvalue weighted by Crippen LogP contribution is -2.68. The molecule has 1 N–H and O–H groups in total. The van der Waals surface area contributed by atoms with Crippen LogP contribution in [0.4, 0.5) is 0 Å².